The number of fused-ring (bicyclic) bond motifs is 2. The van der Waals surface area contributed by atoms with Crippen molar-refractivity contribution in [2.75, 3.05) is 5.88 Å². The SMILES string of the molecule is O=C(CCl)n1cc(-c2nc3ccccc3[nH]2)c2ccc(O)cc21. The number of phenols is 1. The highest BCUT2D eigenvalue weighted by Gasteiger charge is 2.17. The summed E-state index contributed by atoms with van der Waals surface area (Å²) in [6.45, 7) is 0. The maximum atomic E-state index is 12.1. The standard InChI is InChI=1S/C17H12ClN3O2/c18-8-16(23)21-9-12(11-6-5-10(22)7-15(11)21)17-19-13-3-1-2-4-14(13)20-17/h1-7,9,22H,8H2,(H,19,20). The summed E-state index contributed by atoms with van der Waals surface area (Å²) in [6, 6.07) is 12.6. The number of nitrogens with one attached hydrogen (secondary N) is 1. The van der Waals surface area contributed by atoms with Gasteiger partial charge in [-0.25, -0.2) is 4.98 Å². The minimum Gasteiger partial charge on any atom is -0.508 e. The highest BCUT2D eigenvalue weighted by atomic mass is 35.5. The van der Waals surface area contributed by atoms with E-state index < -0.39 is 0 Å². The lowest BCUT2D eigenvalue weighted by Gasteiger charge is -2.00. The molecule has 0 atom stereocenters. The van der Waals surface area contributed by atoms with Crippen molar-refractivity contribution < 1.29 is 9.90 Å². The van der Waals surface area contributed by atoms with Crippen LogP contribution in [0.25, 0.3) is 33.3 Å². The lowest BCUT2D eigenvalue weighted by Crippen LogP contribution is -2.10. The van der Waals surface area contributed by atoms with Crippen LogP contribution in [-0.2, 0) is 0 Å². The molecule has 2 heterocycles. The lowest BCUT2D eigenvalue weighted by atomic mass is 10.1. The molecule has 0 radical (unpaired) electrons. The van der Waals surface area contributed by atoms with E-state index in [1.807, 2.05) is 24.3 Å². The number of aromatic amines is 1. The van der Waals surface area contributed by atoms with Crippen LogP contribution in [0.15, 0.2) is 48.7 Å². The van der Waals surface area contributed by atoms with Crippen LogP contribution in [0.4, 0.5) is 0 Å². The molecule has 0 saturated carbocycles. The summed E-state index contributed by atoms with van der Waals surface area (Å²) in [5.41, 5.74) is 3.16. The summed E-state index contributed by atoms with van der Waals surface area (Å²) >= 11 is 5.69. The van der Waals surface area contributed by atoms with Crippen LogP contribution in [0.5, 0.6) is 5.75 Å². The number of hydrogen-bond acceptors (Lipinski definition) is 3. The first-order valence-electron chi connectivity index (χ1n) is 7.06. The van der Waals surface area contributed by atoms with E-state index in [0.29, 0.717) is 11.3 Å². The molecule has 2 aromatic heterocycles. The van der Waals surface area contributed by atoms with Crippen molar-refractivity contribution in [3.8, 4) is 17.1 Å². The number of H-pyrrole nitrogens is 1. The van der Waals surface area contributed by atoms with Gasteiger partial charge < -0.3 is 10.1 Å². The van der Waals surface area contributed by atoms with Gasteiger partial charge in [0.15, 0.2) is 0 Å². The fraction of sp³-hybridized carbons (Fsp3) is 0.0588. The topological polar surface area (TPSA) is 70.9 Å². The number of alkyl halides is 1. The molecule has 0 amide bonds. The Bertz CT molecular complexity index is 1020. The van der Waals surface area contributed by atoms with Crippen LogP contribution in [0.2, 0.25) is 0 Å². The van der Waals surface area contributed by atoms with Crippen LogP contribution >= 0.6 is 11.6 Å². The number of benzene rings is 2. The molecule has 4 rings (SSSR count). The van der Waals surface area contributed by atoms with E-state index >= 15 is 0 Å². The number of nitrogens with zero attached hydrogens (tertiary/aromatic N) is 2. The minimum absolute atomic E-state index is 0.0929. The van der Waals surface area contributed by atoms with Crippen molar-refractivity contribution in [1.29, 1.82) is 0 Å². The van der Waals surface area contributed by atoms with E-state index in [9.17, 15) is 9.90 Å². The molecule has 2 aromatic carbocycles. The van der Waals surface area contributed by atoms with Gasteiger partial charge in [0, 0.05) is 23.2 Å². The fourth-order valence-corrected chi connectivity index (χ4v) is 2.88. The number of rotatable bonds is 2. The third-order valence-corrected chi connectivity index (χ3v) is 4.05. The second kappa shape index (κ2) is 5.14. The van der Waals surface area contributed by atoms with Crippen LogP contribution in [0, 0.1) is 0 Å². The first-order valence-corrected chi connectivity index (χ1v) is 7.59. The molecule has 5 nitrogen and oxygen atoms in total. The summed E-state index contributed by atoms with van der Waals surface area (Å²) in [6.07, 6.45) is 1.70. The Hall–Kier alpha value is -2.79. The van der Waals surface area contributed by atoms with Crippen molar-refractivity contribution >= 4 is 39.4 Å². The number of carbonyl (C=O) groups excluding carboxylic acids is 1. The van der Waals surface area contributed by atoms with Crippen LogP contribution in [-0.4, -0.2) is 31.4 Å². The number of phenolic OH excluding ortho intramolecular Hbond substituents is 1. The maximum absolute atomic E-state index is 12.1. The lowest BCUT2D eigenvalue weighted by molar-refractivity contribution is 0.0945. The number of aromatic nitrogens is 3. The highest BCUT2D eigenvalue weighted by Crippen LogP contribution is 2.32. The number of hydrogen-bond donors (Lipinski definition) is 2. The second-order valence-corrected chi connectivity index (χ2v) is 5.51. The van der Waals surface area contributed by atoms with Gasteiger partial charge in [-0.15, -0.1) is 11.6 Å². The van der Waals surface area contributed by atoms with Crippen molar-refractivity contribution in [2.24, 2.45) is 0 Å². The molecule has 0 aliphatic carbocycles. The summed E-state index contributed by atoms with van der Waals surface area (Å²) in [7, 11) is 0. The molecule has 4 aromatic rings. The van der Waals surface area contributed by atoms with Crippen LogP contribution in [0.1, 0.15) is 4.79 Å². The zero-order chi connectivity index (χ0) is 16.0. The molecule has 0 saturated heterocycles. The second-order valence-electron chi connectivity index (χ2n) is 5.24. The van der Waals surface area contributed by atoms with Gasteiger partial charge >= 0.3 is 0 Å². The van der Waals surface area contributed by atoms with Crippen molar-refractivity contribution in [1.82, 2.24) is 14.5 Å². The summed E-state index contributed by atoms with van der Waals surface area (Å²) in [4.78, 5) is 19.9. The van der Waals surface area contributed by atoms with E-state index in [1.54, 1.807) is 24.4 Å². The molecule has 0 bridgehead atoms. The van der Waals surface area contributed by atoms with Gasteiger partial charge in [-0.1, -0.05) is 12.1 Å². The molecule has 114 valence electrons. The van der Waals surface area contributed by atoms with Gasteiger partial charge in [0.1, 0.15) is 17.5 Å². The Kier molecular flexibility index (Phi) is 3.09. The average molecular weight is 326 g/mol. The van der Waals surface area contributed by atoms with Gasteiger partial charge in [-0.05, 0) is 24.3 Å². The van der Waals surface area contributed by atoms with Gasteiger partial charge in [-0.2, -0.15) is 0 Å². The van der Waals surface area contributed by atoms with E-state index in [0.717, 1.165) is 22.0 Å². The maximum Gasteiger partial charge on any atom is 0.246 e. The third kappa shape index (κ3) is 2.17. The molecule has 2 N–H and O–H groups in total. The largest absolute Gasteiger partial charge is 0.508 e. The van der Waals surface area contributed by atoms with Gasteiger partial charge in [-0.3, -0.25) is 9.36 Å². The first kappa shape index (κ1) is 13.8. The normalized spacial score (nSPS) is 11.3. The number of halogens is 1. The van der Waals surface area contributed by atoms with Crippen LogP contribution in [0.3, 0.4) is 0 Å². The van der Waals surface area contributed by atoms with Crippen molar-refractivity contribution in [3.63, 3.8) is 0 Å². The Morgan fingerprint density at radius 1 is 1.26 bits per heavy atom. The molecule has 6 heteroatoms. The van der Waals surface area contributed by atoms with Crippen molar-refractivity contribution in [2.45, 2.75) is 0 Å². The van der Waals surface area contributed by atoms with E-state index in [4.69, 9.17) is 11.6 Å². The van der Waals surface area contributed by atoms with Gasteiger partial charge in [0.25, 0.3) is 0 Å². The number of para-hydroxylation sites is 2. The zero-order valence-corrected chi connectivity index (χ0v) is 12.7. The average Bonchev–Trinajstić information content (AvgIpc) is 3.14. The fourth-order valence-electron chi connectivity index (χ4n) is 2.76. The molecule has 0 aliphatic heterocycles. The Labute approximate surface area is 136 Å². The molecular weight excluding hydrogens is 314 g/mol. The number of imidazole rings is 1. The number of aromatic hydroxyl groups is 1. The molecule has 0 aliphatic rings. The van der Waals surface area contributed by atoms with E-state index in [1.165, 1.54) is 4.57 Å². The molecule has 0 spiro atoms. The molecule has 0 fully saturated rings. The first-order chi connectivity index (χ1) is 11.2. The third-order valence-electron chi connectivity index (χ3n) is 3.82. The van der Waals surface area contributed by atoms with E-state index in [-0.39, 0.29) is 17.5 Å². The van der Waals surface area contributed by atoms with Gasteiger partial charge in [0.2, 0.25) is 5.91 Å². The molecule has 0 unspecified atom stereocenters. The van der Waals surface area contributed by atoms with Crippen LogP contribution < -0.4 is 0 Å². The molecular formula is C17H12ClN3O2. The van der Waals surface area contributed by atoms with Gasteiger partial charge in [0.05, 0.1) is 16.6 Å². The predicted octanol–water partition coefficient (Wildman–Crippen LogP) is 3.77. The highest BCUT2D eigenvalue weighted by molar-refractivity contribution is 6.28. The zero-order valence-electron chi connectivity index (χ0n) is 12.0. The van der Waals surface area contributed by atoms with Crippen molar-refractivity contribution in [3.05, 3.63) is 48.7 Å². The number of carbonyl (C=O) groups is 1. The smallest absolute Gasteiger partial charge is 0.246 e. The predicted molar refractivity (Wildman–Crippen MR) is 90.0 cm³/mol. The summed E-state index contributed by atoms with van der Waals surface area (Å²) < 4.78 is 1.45. The Morgan fingerprint density at radius 3 is 2.87 bits per heavy atom. The Morgan fingerprint density at radius 2 is 2.09 bits per heavy atom. The van der Waals surface area contributed by atoms with E-state index in [2.05, 4.69) is 9.97 Å². The quantitative estimate of drug-likeness (QED) is 0.551. The monoisotopic (exact) mass is 325 g/mol. The summed E-state index contributed by atoms with van der Waals surface area (Å²) in [5, 5.41) is 10.5. The minimum atomic E-state index is -0.260. The molecule has 23 heavy (non-hydrogen) atoms. The summed E-state index contributed by atoms with van der Waals surface area (Å²) in [5.74, 6) is 0.363. The Balaban J connectivity index is 2.01.